The molecule has 0 unspecified atom stereocenters. The van der Waals surface area contributed by atoms with Crippen molar-refractivity contribution in [2.24, 2.45) is 0 Å². The van der Waals surface area contributed by atoms with E-state index in [0.717, 1.165) is 70.9 Å². The van der Waals surface area contributed by atoms with Gasteiger partial charge in [-0.15, -0.1) is 0 Å². The largest absolute Gasteiger partial charge is 0.487 e. The van der Waals surface area contributed by atoms with Gasteiger partial charge in [-0.25, -0.2) is 0 Å². The Hall–Kier alpha value is -2.83. The molecular weight excluding hydrogens is 416 g/mol. The summed E-state index contributed by atoms with van der Waals surface area (Å²) in [6.45, 7) is 1.73. The number of fused-ring (bicyclic) bond motifs is 2. The summed E-state index contributed by atoms with van der Waals surface area (Å²) in [5.41, 5.74) is 0.605. The number of carbonyl (C=O) groups is 2. The van der Waals surface area contributed by atoms with Gasteiger partial charge in [0.2, 0.25) is 5.91 Å². The molecule has 1 fully saturated rings. The molecule has 1 aliphatic carbocycles. The molecule has 2 amide bonds. The van der Waals surface area contributed by atoms with Crippen LogP contribution in [0, 0.1) is 0 Å². The Labute approximate surface area is 196 Å². The van der Waals surface area contributed by atoms with Gasteiger partial charge in [0.15, 0.2) is 0 Å². The van der Waals surface area contributed by atoms with Gasteiger partial charge in [0.25, 0.3) is 5.91 Å². The van der Waals surface area contributed by atoms with E-state index in [0.29, 0.717) is 11.3 Å². The zero-order valence-corrected chi connectivity index (χ0v) is 19.7. The van der Waals surface area contributed by atoms with Crippen LogP contribution in [0.4, 0.5) is 0 Å². The molecule has 0 spiro atoms. The van der Waals surface area contributed by atoms with Crippen LogP contribution < -0.4 is 4.74 Å². The van der Waals surface area contributed by atoms with Gasteiger partial charge in [0.1, 0.15) is 18.4 Å². The van der Waals surface area contributed by atoms with Crippen molar-refractivity contribution < 1.29 is 14.3 Å². The van der Waals surface area contributed by atoms with E-state index in [9.17, 15) is 9.59 Å². The van der Waals surface area contributed by atoms with Crippen LogP contribution in [0.5, 0.6) is 5.75 Å². The van der Waals surface area contributed by atoms with Gasteiger partial charge >= 0.3 is 0 Å². The first-order valence-electron chi connectivity index (χ1n) is 12.4. The smallest absolute Gasteiger partial charge is 0.257 e. The fraction of sp³-hybridized carbons (Fsp3) is 0.577. The van der Waals surface area contributed by atoms with E-state index < -0.39 is 0 Å². The van der Waals surface area contributed by atoms with E-state index in [1.807, 2.05) is 48.5 Å². The number of hydrogen-bond acceptors (Lipinski definition) is 4. The van der Waals surface area contributed by atoms with Gasteiger partial charge in [-0.05, 0) is 50.3 Å². The molecule has 1 aromatic heterocycles. The Kier molecular flexibility index (Phi) is 8.02. The fourth-order valence-corrected chi connectivity index (χ4v) is 5.05. The van der Waals surface area contributed by atoms with Gasteiger partial charge in [-0.3, -0.25) is 14.3 Å². The molecular formula is C26H36N4O3. The Morgan fingerprint density at radius 1 is 1.00 bits per heavy atom. The molecule has 2 heterocycles. The summed E-state index contributed by atoms with van der Waals surface area (Å²) in [6.07, 6.45) is 12.6. The molecule has 2 aromatic rings. The zero-order valence-electron chi connectivity index (χ0n) is 19.7. The van der Waals surface area contributed by atoms with Crippen LogP contribution in [-0.4, -0.2) is 63.7 Å². The predicted octanol–water partition coefficient (Wildman–Crippen LogP) is 4.14. The van der Waals surface area contributed by atoms with Crippen LogP contribution in [0.2, 0.25) is 0 Å². The van der Waals surface area contributed by atoms with E-state index in [4.69, 9.17) is 4.74 Å². The minimum atomic E-state index is -0.121. The van der Waals surface area contributed by atoms with Gasteiger partial charge in [0, 0.05) is 32.5 Å². The Morgan fingerprint density at radius 3 is 2.58 bits per heavy atom. The van der Waals surface area contributed by atoms with Gasteiger partial charge < -0.3 is 14.5 Å². The van der Waals surface area contributed by atoms with Crippen molar-refractivity contribution in [1.29, 1.82) is 0 Å². The third kappa shape index (κ3) is 5.95. The average Bonchev–Trinajstić information content (AvgIpc) is 3.33. The highest BCUT2D eigenvalue weighted by atomic mass is 16.5. The van der Waals surface area contributed by atoms with Crippen LogP contribution in [0.1, 0.15) is 68.1 Å². The second kappa shape index (κ2) is 11.3. The lowest BCUT2D eigenvalue weighted by molar-refractivity contribution is -0.137. The van der Waals surface area contributed by atoms with E-state index in [-0.39, 0.29) is 30.5 Å². The number of hydrogen-bond donors (Lipinski definition) is 0. The lowest BCUT2D eigenvalue weighted by atomic mass is 9.90. The second-order valence-electron chi connectivity index (χ2n) is 9.29. The van der Waals surface area contributed by atoms with Crippen LogP contribution in [0.15, 0.2) is 42.7 Å². The predicted molar refractivity (Wildman–Crippen MR) is 127 cm³/mol. The molecule has 2 atom stereocenters. The van der Waals surface area contributed by atoms with Crippen molar-refractivity contribution >= 4 is 11.8 Å². The molecule has 33 heavy (non-hydrogen) atoms. The second-order valence-corrected chi connectivity index (χ2v) is 9.29. The standard InChI is InChI=1S/C26H36N4O3/c1-28-17-9-3-2-4-10-19-30(25(31)20-29-18-11-16-27-29)22-13-6-8-15-24(22)33-23-14-7-5-12-21(23)26(28)32/h5,7,11-12,14,16,18,22,24H,2-4,6,8-10,13,15,17,19-20H2,1H3/t22-,24+/m1/s1. The summed E-state index contributed by atoms with van der Waals surface area (Å²) in [5, 5.41) is 4.23. The van der Waals surface area contributed by atoms with Crippen LogP contribution in [0.3, 0.4) is 0 Å². The van der Waals surface area contributed by atoms with E-state index >= 15 is 0 Å². The number of rotatable bonds is 2. The monoisotopic (exact) mass is 452 g/mol. The number of para-hydroxylation sites is 1. The molecule has 178 valence electrons. The van der Waals surface area contributed by atoms with Crippen LogP contribution >= 0.6 is 0 Å². The maximum Gasteiger partial charge on any atom is 0.257 e. The summed E-state index contributed by atoms with van der Waals surface area (Å²) in [4.78, 5) is 30.4. The molecule has 7 nitrogen and oxygen atoms in total. The molecule has 1 aromatic carbocycles. The molecule has 2 aliphatic rings. The molecule has 4 rings (SSSR count). The van der Waals surface area contributed by atoms with Crippen LogP contribution in [-0.2, 0) is 11.3 Å². The number of benzene rings is 1. The minimum absolute atomic E-state index is 0.000513. The molecule has 0 radical (unpaired) electrons. The number of ether oxygens (including phenoxy) is 1. The van der Waals surface area contributed by atoms with Crippen molar-refractivity contribution in [3.8, 4) is 5.75 Å². The third-order valence-electron chi connectivity index (χ3n) is 6.88. The number of nitrogens with zero attached hydrogens (tertiary/aromatic N) is 4. The average molecular weight is 453 g/mol. The summed E-state index contributed by atoms with van der Waals surface area (Å²) in [7, 11) is 1.87. The number of aromatic nitrogens is 2. The van der Waals surface area contributed by atoms with Gasteiger partial charge in [-0.1, -0.05) is 37.8 Å². The normalized spacial score (nSPS) is 23.0. The topological polar surface area (TPSA) is 67.7 Å². The Bertz CT molecular complexity index is 914. The van der Waals surface area contributed by atoms with Gasteiger partial charge in [-0.2, -0.15) is 5.10 Å². The maximum atomic E-state index is 13.4. The SMILES string of the molecule is CN1CCCCCCCN(C(=O)Cn2cccn2)[C@@H]2CCCC[C@@H]2Oc2ccccc2C1=O. The summed E-state index contributed by atoms with van der Waals surface area (Å²) >= 11 is 0. The highest BCUT2D eigenvalue weighted by molar-refractivity contribution is 5.96. The van der Waals surface area contributed by atoms with E-state index in [1.165, 1.54) is 0 Å². The summed E-state index contributed by atoms with van der Waals surface area (Å²) < 4.78 is 8.24. The highest BCUT2D eigenvalue weighted by Crippen LogP contribution is 2.30. The first-order valence-corrected chi connectivity index (χ1v) is 12.4. The van der Waals surface area contributed by atoms with Crippen molar-refractivity contribution in [3.05, 3.63) is 48.3 Å². The van der Waals surface area contributed by atoms with E-state index in [2.05, 4.69) is 5.10 Å². The van der Waals surface area contributed by atoms with Crippen molar-refractivity contribution in [3.63, 3.8) is 0 Å². The molecule has 0 bridgehead atoms. The van der Waals surface area contributed by atoms with Crippen molar-refractivity contribution in [2.45, 2.75) is 76.5 Å². The third-order valence-corrected chi connectivity index (χ3v) is 6.88. The Balaban J connectivity index is 1.61. The maximum absolute atomic E-state index is 13.4. The number of amides is 2. The van der Waals surface area contributed by atoms with Crippen LogP contribution in [0.25, 0.3) is 0 Å². The highest BCUT2D eigenvalue weighted by Gasteiger charge is 2.35. The first kappa shape index (κ1) is 23.3. The summed E-state index contributed by atoms with van der Waals surface area (Å²) in [5.74, 6) is 0.715. The van der Waals surface area contributed by atoms with Gasteiger partial charge in [0.05, 0.1) is 11.6 Å². The lowest BCUT2D eigenvalue weighted by Gasteiger charge is -2.40. The molecule has 0 saturated heterocycles. The minimum Gasteiger partial charge on any atom is -0.487 e. The lowest BCUT2D eigenvalue weighted by Crippen LogP contribution is -2.52. The quantitative estimate of drug-likeness (QED) is 0.687. The molecule has 1 saturated carbocycles. The first-order chi connectivity index (χ1) is 16.1. The molecule has 7 heteroatoms. The summed E-state index contributed by atoms with van der Waals surface area (Å²) in [6, 6.07) is 9.40. The number of carbonyl (C=O) groups excluding carboxylic acids is 2. The molecule has 1 aliphatic heterocycles. The van der Waals surface area contributed by atoms with Crippen molar-refractivity contribution in [1.82, 2.24) is 19.6 Å². The molecule has 0 N–H and O–H groups in total. The van der Waals surface area contributed by atoms with E-state index in [1.54, 1.807) is 15.8 Å². The zero-order chi connectivity index (χ0) is 23.0. The fourth-order valence-electron chi connectivity index (χ4n) is 5.05. The van der Waals surface area contributed by atoms with Crippen molar-refractivity contribution in [2.75, 3.05) is 20.1 Å². The Morgan fingerprint density at radius 2 is 1.76 bits per heavy atom.